The molecule has 33 heavy (non-hydrogen) atoms. The Morgan fingerprint density at radius 2 is 1.64 bits per heavy atom. The Balaban J connectivity index is 1.96. The average Bonchev–Trinajstić information content (AvgIpc) is 3.01. The van der Waals surface area contributed by atoms with Crippen molar-refractivity contribution in [1.82, 2.24) is 5.32 Å². The molecule has 1 heterocycles. The molecule has 0 radical (unpaired) electrons. The number of imide groups is 1. The van der Waals surface area contributed by atoms with Crippen LogP contribution in [0.4, 0.5) is 18.0 Å². The highest BCUT2D eigenvalue weighted by atomic mass is 32.2. The van der Waals surface area contributed by atoms with Crippen molar-refractivity contribution in [3.05, 3.63) is 58.1 Å². The summed E-state index contributed by atoms with van der Waals surface area (Å²) in [5.41, 5.74) is 2.44. The Hall–Kier alpha value is -2.28. The van der Waals surface area contributed by atoms with Crippen LogP contribution in [0.25, 0.3) is 11.1 Å². The summed E-state index contributed by atoms with van der Waals surface area (Å²) >= 11 is 0.889. The maximum absolute atomic E-state index is 14.4. The molecular weight excluding hydrogens is 447 g/mol. The van der Waals surface area contributed by atoms with Gasteiger partial charge in [0.25, 0.3) is 5.24 Å². The topological polar surface area (TPSA) is 46.2 Å². The number of hydrogen-bond donors (Lipinski definition) is 1. The van der Waals surface area contributed by atoms with Crippen LogP contribution in [0.15, 0.2) is 30.3 Å². The number of hydrogen-bond acceptors (Lipinski definition) is 3. The van der Waals surface area contributed by atoms with Gasteiger partial charge in [0.15, 0.2) is 0 Å². The van der Waals surface area contributed by atoms with Crippen molar-refractivity contribution in [3.8, 4) is 11.1 Å². The second kappa shape index (κ2) is 7.90. The molecule has 1 N–H and O–H groups in total. The van der Waals surface area contributed by atoms with Gasteiger partial charge in [-0.2, -0.15) is 13.2 Å². The van der Waals surface area contributed by atoms with Crippen LogP contribution in [0.2, 0.25) is 0 Å². The SMILES string of the molecule is Cc1cccc(CC2SC(=O)NC2=O)c1-c1cc2c(cc1C(F)(F)F)C(C)(C)CCC2(C)C. The molecule has 0 spiro atoms. The first-order valence-corrected chi connectivity index (χ1v) is 12.0. The molecule has 3 nitrogen and oxygen atoms in total. The van der Waals surface area contributed by atoms with Gasteiger partial charge < -0.3 is 0 Å². The first-order valence-electron chi connectivity index (χ1n) is 11.1. The maximum atomic E-state index is 14.4. The van der Waals surface area contributed by atoms with Gasteiger partial charge >= 0.3 is 6.18 Å². The van der Waals surface area contributed by atoms with Crippen molar-refractivity contribution < 1.29 is 22.8 Å². The summed E-state index contributed by atoms with van der Waals surface area (Å²) in [6, 6.07) is 8.42. The monoisotopic (exact) mass is 475 g/mol. The van der Waals surface area contributed by atoms with Crippen LogP contribution < -0.4 is 5.32 Å². The molecule has 1 atom stereocenters. The van der Waals surface area contributed by atoms with Crippen molar-refractivity contribution in [2.45, 2.75) is 76.1 Å². The Labute approximate surface area is 196 Å². The number of amides is 2. The third-order valence-corrected chi connectivity index (χ3v) is 8.08. The zero-order valence-electron chi connectivity index (χ0n) is 19.4. The number of benzene rings is 2. The number of halogens is 3. The van der Waals surface area contributed by atoms with E-state index < -0.39 is 28.1 Å². The minimum absolute atomic E-state index is 0.148. The van der Waals surface area contributed by atoms with E-state index in [2.05, 4.69) is 19.2 Å². The summed E-state index contributed by atoms with van der Waals surface area (Å²) in [5.74, 6) is -0.401. The molecule has 1 saturated heterocycles. The molecule has 2 amide bonds. The van der Waals surface area contributed by atoms with Crippen LogP contribution in [0.1, 0.15) is 68.4 Å². The number of alkyl halides is 3. The normalized spacial score (nSPS) is 21.6. The molecule has 1 aliphatic heterocycles. The van der Waals surface area contributed by atoms with Crippen LogP contribution >= 0.6 is 11.8 Å². The Kier molecular flexibility index (Phi) is 5.71. The molecule has 0 saturated carbocycles. The smallest absolute Gasteiger partial charge is 0.286 e. The van der Waals surface area contributed by atoms with E-state index in [-0.39, 0.29) is 22.8 Å². The fourth-order valence-corrected chi connectivity index (χ4v) is 5.91. The summed E-state index contributed by atoms with van der Waals surface area (Å²) in [6.07, 6.45) is -2.64. The molecule has 176 valence electrons. The van der Waals surface area contributed by atoms with Gasteiger partial charge in [-0.25, -0.2) is 0 Å². The lowest BCUT2D eigenvalue weighted by molar-refractivity contribution is -0.137. The zero-order valence-corrected chi connectivity index (χ0v) is 20.3. The zero-order chi connectivity index (χ0) is 24.3. The molecular formula is C26H28F3NO2S. The highest BCUT2D eigenvalue weighted by molar-refractivity contribution is 8.15. The van der Waals surface area contributed by atoms with E-state index in [0.29, 0.717) is 16.7 Å². The highest BCUT2D eigenvalue weighted by Crippen LogP contribution is 2.50. The number of thioether (sulfide) groups is 1. The fraction of sp³-hybridized carbons (Fsp3) is 0.462. The van der Waals surface area contributed by atoms with Crippen LogP contribution in [0.3, 0.4) is 0 Å². The quantitative estimate of drug-likeness (QED) is 0.524. The van der Waals surface area contributed by atoms with Gasteiger partial charge in [0.2, 0.25) is 5.91 Å². The molecule has 2 aromatic rings. The second-order valence-corrected chi connectivity index (χ2v) is 11.6. The molecule has 0 aromatic heterocycles. The lowest BCUT2D eigenvalue weighted by Gasteiger charge is -2.42. The van der Waals surface area contributed by atoms with Gasteiger partial charge in [-0.1, -0.05) is 57.7 Å². The Morgan fingerprint density at radius 1 is 1.03 bits per heavy atom. The van der Waals surface area contributed by atoms with Gasteiger partial charge in [0.1, 0.15) is 0 Å². The van der Waals surface area contributed by atoms with E-state index in [0.717, 1.165) is 35.7 Å². The van der Waals surface area contributed by atoms with Crippen molar-refractivity contribution in [2.75, 3.05) is 0 Å². The van der Waals surface area contributed by atoms with Crippen LogP contribution in [-0.4, -0.2) is 16.4 Å². The van der Waals surface area contributed by atoms with E-state index in [9.17, 15) is 22.8 Å². The minimum Gasteiger partial charge on any atom is -0.286 e. The lowest BCUT2D eigenvalue weighted by atomic mass is 9.62. The van der Waals surface area contributed by atoms with Gasteiger partial charge in [-0.3, -0.25) is 14.9 Å². The van der Waals surface area contributed by atoms with E-state index in [1.807, 2.05) is 13.8 Å². The molecule has 4 rings (SSSR count). The van der Waals surface area contributed by atoms with Gasteiger partial charge in [-0.05, 0) is 82.5 Å². The summed E-state index contributed by atoms with van der Waals surface area (Å²) in [4.78, 5) is 23.8. The van der Waals surface area contributed by atoms with Crippen molar-refractivity contribution in [3.63, 3.8) is 0 Å². The number of carbonyl (C=O) groups excluding carboxylic acids is 2. The number of fused-ring (bicyclic) bond motifs is 1. The van der Waals surface area contributed by atoms with E-state index in [1.54, 1.807) is 31.2 Å². The summed E-state index contributed by atoms with van der Waals surface area (Å²) in [6.45, 7) is 9.98. The van der Waals surface area contributed by atoms with Crippen LogP contribution in [0, 0.1) is 6.92 Å². The van der Waals surface area contributed by atoms with Crippen molar-refractivity contribution in [1.29, 1.82) is 0 Å². The Morgan fingerprint density at radius 3 is 2.18 bits per heavy atom. The van der Waals surface area contributed by atoms with E-state index in [4.69, 9.17) is 0 Å². The van der Waals surface area contributed by atoms with Crippen molar-refractivity contribution in [2.24, 2.45) is 0 Å². The molecule has 2 aromatic carbocycles. The number of aryl methyl sites for hydroxylation is 1. The number of rotatable bonds is 3. The van der Waals surface area contributed by atoms with Gasteiger partial charge in [-0.15, -0.1) is 0 Å². The predicted octanol–water partition coefficient (Wildman–Crippen LogP) is 6.92. The first kappa shape index (κ1) is 23.9. The van der Waals surface area contributed by atoms with Gasteiger partial charge in [0, 0.05) is 0 Å². The molecule has 0 bridgehead atoms. The van der Waals surface area contributed by atoms with Crippen LogP contribution in [0.5, 0.6) is 0 Å². The average molecular weight is 476 g/mol. The van der Waals surface area contributed by atoms with E-state index in [1.165, 1.54) is 6.07 Å². The molecule has 2 aliphatic rings. The van der Waals surface area contributed by atoms with E-state index >= 15 is 0 Å². The molecule has 7 heteroatoms. The second-order valence-electron chi connectivity index (χ2n) is 10.4. The van der Waals surface area contributed by atoms with Crippen molar-refractivity contribution >= 4 is 22.9 Å². The predicted molar refractivity (Wildman–Crippen MR) is 126 cm³/mol. The lowest BCUT2D eigenvalue weighted by Crippen LogP contribution is -2.34. The number of nitrogens with one attached hydrogen (secondary N) is 1. The van der Waals surface area contributed by atoms with Gasteiger partial charge in [0.05, 0.1) is 10.8 Å². The fourth-order valence-electron chi connectivity index (χ4n) is 5.07. The third-order valence-electron chi connectivity index (χ3n) is 7.10. The molecule has 1 fully saturated rings. The molecule has 1 unspecified atom stereocenters. The number of carbonyl (C=O) groups is 2. The largest absolute Gasteiger partial charge is 0.417 e. The maximum Gasteiger partial charge on any atom is 0.417 e. The third kappa shape index (κ3) is 4.32. The summed E-state index contributed by atoms with van der Waals surface area (Å²) in [7, 11) is 0. The summed E-state index contributed by atoms with van der Waals surface area (Å²) in [5, 5.41) is 1.19. The van der Waals surface area contributed by atoms with Crippen LogP contribution in [-0.2, 0) is 28.2 Å². The first-order chi connectivity index (χ1) is 15.2. The Bertz CT molecular complexity index is 1150. The minimum atomic E-state index is -4.53. The standard InChI is InChI=1S/C26H28F3NO2S/c1-14-7-6-8-15(11-20-22(31)30-23(32)33-20)21(14)16-12-18-19(13-17(16)26(27,28)29)25(4,5)10-9-24(18,2)3/h6-8,12-13,20H,9-11H2,1-5H3,(H,30,31,32). The summed E-state index contributed by atoms with van der Waals surface area (Å²) < 4.78 is 43.3. The highest BCUT2D eigenvalue weighted by Gasteiger charge is 2.42. The molecule has 1 aliphatic carbocycles.